The summed E-state index contributed by atoms with van der Waals surface area (Å²) in [7, 11) is 2.12. The molecular formula is C24H29BrN4O. The lowest BCUT2D eigenvalue weighted by Crippen LogP contribution is -2.29. The van der Waals surface area contributed by atoms with E-state index in [4.69, 9.17) is 0 Å². The highest BCUT2D eigenvalue weighted by Crippen LogP contribution is 2.32. The summed E-state index contributed by atoms with van der Waals surface area (Å²) in [6.07, 6.45) is 3.90. The molecule has 0 saturated carbocycles. The van der Waals surface area contributed by atoms with Crippen molar-refractivity contribution in [2.24, 2.45) is 0 Å². The molecule has 0 spiro atoms. The molecule has 1 heterocycles. The lowest BCUT2D eigenvalue weighted by molar-refractivity contribution is -0.121. The van der Waals surface area contributed by atoms with Crippen LogP contribution in [0.5, 0.6) is 0 Å². The van der Waals surface area contributed by atoms with Gasteiger partial charge in [0.15, 0.2) is 0 Å². The van der Waals surface area contributed by atoms with E-state index in [2.05, 4.69) is 69.5 Å². The van der Waals surface area contributed by atoms with Crippen molar-refractivity contribution in [2.45, 2.75) is 26.3 Å². The third kappa shape index (κ3) is 6.03. The number of halogens is 1. The van der Waals surface area contributed by atoms with E-state index in [0.29, 0.717) is 6.54 Å². The first-order chi connectivity index (χ1) is 14.6. The second-order valence-corrected chi connectivity index (χ2v) is 8.31. The fourth-order valence-electron chi connectivity index (χ4n) is 3.33. The monoisotopic (exact) mass is 468 g/mol. The average molecular weight is 469 g/mol. The summed E-state index contributed by atoms with van der Waals surface area (Å²) in [6, 6.07) is 18.3. The number of nitrogens with one attached hydrogen (secondary N) is 1. The zero-order chi connectivity index (χ0) is 21.3. The van der Waals surface area contributed by atoms with Gasteiger partial charge in [-0.3, -0.25) is 9.48 Å². The van der Waals surface area contributed by atoms with E-state index in [9.17, 15) is 4.79 Å². The molecule has 0 saturated heterocycles. The van der Waals surface area contributed by atoms with Gasteiger partial charge in [0.1, 0.15) is 6.54 Å². The molecule has 3 aromatic rings. The zero-order valence-corrected chi connectivity index (χ0v) is 19.2. The first kappa shape index (κ1) is 22.2. The van der Waals surface area contributed by atoms with Crippen molar-refractivity contribution in [3.8, 4) is 22.4 Å². The number of nitrogens with zero attached hydrogens (tertiary/aromatic N) is 3. The molecule has 30 heavy (non-hydrogen) atoms. The predicted molar refractivity (Wildman–Crippen MR) is 126 cm³/mol. The molecule has 0 aliphatic rings. The average Bonchev–Trinajstić information content (AvgIpc) is 3.17. The Morgan fingerprint density at radius 1 is 1.07 bits per heavy atom. The number of amides is 1. The number of hydrogen-bond acceptors (Lipinski definition) is 3. The van der Waals surface area contributed by atoms with Crippen molar-refractivity contribution >= 4 is 21.8 Å². The quantitative estimate of drug-likeness (QED) is 0.433. The van der Waals surface area contributed by atoms with Gasteiger partial charge in [0.05, 0.1) is 11.9 Å². The second kappa shape index (κ2) is 11.1. The Hall–Kier alpha value is -2.44. The summed E-state index contributed by atoms with van der Waals surface area (Å²) in [6.45, 7) is 5.15. The van der Waals surface area contributed by atoms with Crippen molar-refractivity contribution in [3.05, 3.63) is 65.3 Å². The van der Waals surface area contributed by atoms with Gasteiger partial charge in [-0.2, -0.15) is 5.10 Å². The van der Waals surface area contributed by atoms with Gasteiger partial charge in [0, 0.05) is 22.1 Å². The Balaban J connectivity index is 1.72. The molecule has 1 amide bonds. The third-order valence-electron chi connectivity index (χ3n) is 5.16. The Morgan fingerprint density at radius 3 is 2.50 bits per heavy atom. The van der Waals surface area contributed by atoms with Gasteiger partial charge < -0.3 is 10.2 Å². The van der Waals surface area contributed by atoms with E-state index in [1.54, 1.807) is 4.68 Å². The maximum atomic E-state index is 12.6. The van der Waals surface area contributed by atoms with Crippen LogP contribution in [0.1, 0.15) is 19.8 Å². The number of carbonyl (C=O) groups is 1. The highest BCUT2D eigenvalue weighted by molar-refractivity contribution is 9.10. The molecule has 2 aromatic carbocycles. The Labute approximate surface area is 187 Å². The molecule has 0 fully saturated rings. The molecule has 0 atom stereocenters. The van der Waals surface area contributed by atoms with E-state index >= 15 is 0 Å². The number of rotatable bonds is 10. The van der Waals surface area contributed by atoms with Crippen molar-refractivity contribution in [1.29, 1.82) is 0 Å². The zero-order valence-electron chi connectivity index (χ0n) is 17.6. The van der Waals surface area contributed by atoms with Gasteiger partial charge in [-0.25, -0.2) is 0 Å². The van der Waals surface area contributed by atoms with Crippen LogP contribution >= 0.6 is 15.9 Å². The summed E-state index contributed by atoms with van der Waals surface area (Å²) in [5, 5.41) is 7.58. The van der Waals surface area contributed by atoms with Crippen LogP contribution in [0.3, 0.4) is 0 Å². The minimum absolute atomic E-state index is 0.0125. The maximum Gasteiger partial charge on any atom is 0.241 e. The van der Waals surface area contributed by atoms with Gasteiger partial charge in [0.25, 0.3) is 0 Å². The number of aromatic nitrogens is 2. The molecule has 0 aliphatic carbocycles. The first-order valence-corrected chi connectivity index (χ1v) is 11.2. The second-order valence-electron chi connectivity index (χ2n) is 7.39. The molecule has 0 aliphatic heterocycles. The molecule has 6 heteroatoms. The Bertz CT molecular complexity index is 938. The summed E-state index contributed by atoms with van der Waals surface area (Å²) >= 11 is 3.49. The number of carbonyl (C=O) groups excluding carboxylic acids is 1. The van der Waals surface area contributed by atoms with Gasteiger partial charge in [0.2, 0.25) is 5.91 Å². The Kier molecular flexibility index (Phi) is 8.22. The fourth-order valence-corrected chi connectivity index (χ4v) is 3.60. The summed E-state index contributed by atoms with van der Waals surface area (Å²) in [5.74, 6) is -0.0125. The SMILES string of the molecule is CCN(C)CCCCNC(=O)Cn1ncc(-c2ccc(Br)cc2)c1-c1ccccc1. The lowest BCUT2D eigenvalue weighted by atomic mass is 10.0. The van der Waals surface area contributed by atoms with E-state index in [1.807, 2.05) is 36.5 Å². The number of benzene rings is 2. The van der Waals surface area contributed by atoms with Crippen LogP contribution in [-0.2, 0) is 11.3 Å². The summed E-state index contributed by atoms with van der Waals surface area (Å²) in [4.78, 5) is 14.8. The number of unbranched alkanes of at least 4 members (excludes halogenated alkanes) is 1. The van der Waals surface area contributed by atoms with Gasteiger partial charge in [-0.15, -0.1) is 0 Å². The third-order valence-corrected chi connectivity index (χ3v) is 5.69. The molecule has 1 aromatic heterocycles. The van der Waals surface area contributed by atoms with E-state index in [0.717, 1.165) is 52.8 Å². The normalized spacial score (nSPS) is 11.1. The molecule has 0 unspecified atom stereocenters. The van der Waals surface area contributed by atoms with Crippen molar-refractivity contribution in [3.63, 3.8) is 0 Å². The molecule has 0 bridgehead atoms. The molecule has 158 valence electrons. The van der Waals surface area contributed by atoms with Crippen LogP contribution in [0.4, 0.5) is 0 Å². The first-order valence-electron chi connectivity index (χ1n) is 10.4. The van der Waals surface area contributed by atoms with Crippen LogP contribution in [0.25, 0.3) is 22.4 Å². The van der Waals surface area contributed by atoms with Crippen LogP contribution in [0, 0.1) is 0 Å². The van der Waals surface area contributed by atoms with Crippen LogP contribution in [0.2, 0.25) is 0 Å². The van der Waals surface area contributed by atoms with E-state index < -0.39 is 0 Å². The summed E-state index contributed by atoms with van der Waals surface area (Å²) < 4.78 is 2.83. The minimum atomic E-state index is -0.0125. The van der Waals surface area contributed by atoms with Crippen LogP contribution in [0.15, 0.2) is 65.3 Å². The van der Waals surface area contributed by atoms with Crippen molar-refractivity contribution < 1.29 is 4.79 Å². The minimum Gasteiger partial charge on any atom is -0.354 e. The van der Waals surface area contributed by atoms with Crippen molar-refractivity contribution in [1.82, 2.24) is 20.0 Å². The van der Waals surface area contributed by atoms with Crippen molar-refractivity contribution in [2.75, 3.05) is 26.7 Å². The predicted octanol–water partition coefficient (Wildman–Crippen LogP) is 4.83. The standard InChI is InChI=1S/C24H29BrN4O/c1-3-28(2)16-8-7-15-26-23(30)18-29-24(20-9-5-4-6-10-20)22(17-27-29)19-11-13-21(25)14-12-19/h4-6,9-14,17H,3,7-8,15-16,18H2,1-2H3,(H,26,30). The lowest BCUT2D eigenvalue weighted by Gasteiger charge is -2.13. The fraction of sp³-hybridized carbons (Fsp3) is 0.333. The van der Waals surface area contributed by atoms with Crippen LogP contribution in [-0.4, -0.2) is 47.3 Å². The van der Waals surface area contributed by atoms with Gasteiger partial charge in [-0.05, 0) is 50.7 Å². The van der Waals surface area contributed by atoms with E-state index in [-0.39, 0.29) is 12.5 Å². The Morgan fingerprint density at radius 2 is 1.80 bits per heavy atom. The highest BCUT2D eigenvalue weighted by Gasteiger charge is 2.16. The van der Waals surface area contributed by atoms with E-state index in [1.165, 1.54) is 0 Å². The molecule has 0 radical (unpaired) electrons. The summed E-state index contributed by atoms with van der Waals surface area (Å²) in [5.41, 5.74) is 4.09. The van der Waals surface area contributed by atoms with Gasteiger partial charge >= 0.3 is 0 Å². The molecule has 5 nitrogen and oxygen atoms in total. The molecule has 3 rings (SSSR count). The smallest absolute Gasteiger partial charge is 0.241 e. The molecule has 1 N–H and O–H groups in total. The largest absolute Gasteiger partial charge is 0.354 e. The van der Waals surface area contributed by atoms with Crippen LogP contribution < -0.4 is 5.32 Å². The highest BCUT2D eigenvalue weighted by atomic mass is 79.9. The van der Waals surface area contributed by atoms with Gasteiger partial charge in [-0.1, -0.05) is 65.3 Å². The number of hydrogen-bond donors (Lipinski definition) is 1. The maximum absolute atomic E-state index is 12.6. The molecular weight excluding hydrogens is 440 g/mol. The topological polar surface area (TPSA) is 50.2 Å².